The molecule has 0 atom stereocenters. The molecule has 0 aliphatic carbocycles. The summed E-state index contributed by atoms with van der Waals surface area (Å²) in [6.45, 7) is 3.69. The molecule has 0 fully saturated rings. The third kappa shape index (κ3) is 3.47. The van der Waals surface area contributed by atoms with E-state index in [0.29, 0.717) is 25.0 Å². The van der Waals surface area contributed by atoms with Gasteiger partial charge in [0.25, 0.3) is 0 Å². The molecule has 0 spiro atoms. The number of carbonyl (C=O) groups is 1. The lowest BCUT2D eigenvalue weighted by Gasteiger charge is -2.09. The fourth-order valence-corrected chi connectivity index (χ4v) is 3.35. The van der Waals surface area contributed by atoms with Gasteiger partial charge in [0.15, 0.2) is 6.61 Å². The van der Waals surface area contributed by atoms with E-state index >= 15 is 0 Å². The van der Waals surface area contributed by atoms with Gasteiger partial charge in [-0.1, -0.05) is 34.8 Å². The molecule has 1 heterocycles. The van der Waals surface area contributed by atoms with Gasteiger partial charge in [-0.05, 0) is 43.2 Å². The van der Waals surface area contributed by atoms with Gasteiger partial charge in [-0.25, -0.2) is 0 Å². The maximum Gasteiger partial charge on any atom is 0.202 e. The molecular formula is C14H11Cl3O2S. The highest BCUT2D eigenvalue weighted by Crippen LogP contribution is 2.31. The lowest BCUT2D eigenvalue weighted by molar-refractivity contribution is 0.0922. The number of halogens is 3. The molecule has 0 unspecified atom stereocenters. The fraction of sp³-hybridized carbons (Fsp3) is 0.214. The topological polar surface area (TPSA) is 26.3 Å². The third-order valence-corrected chi connectivity index (χ3v) is 4.82. The highest BCUT2D eigenvalue weighted by molar-refractivity contribution is 7.20. The standard InChI is InChI=1S/C14H11Cl3O2S/c1-7-3-9(4-8(2)13(7)16)19-6-11(18)10-5-12(15)20-14(10)17/h3-5H,6H2,1-2H3. The second kappa shape index (κ2) is 6.35. The van der Waals surface area contributed by atoms with E-state index in [1.807, 2.05) is 13.8 Å². The molecule has 0 amide bonds. The average Bonchev–Trinajstić information content (AvgIpc) is 2.72. The van der Waals surface area contributed by atoms with Crippen molar-refractivity contribution in [1.82, 2.24) is 0 Å². The van der Waals surface area contributed by atoms with Crippen molar-refractivity contribution in [2.24, 2.45) is 0 Å². The number of ketones is 1. The Morgan fingerprint density at radius 2 is 1.75 bits per heavy atom. The Hall–Kier alpha value is -0.740. The Kier molecular flexibility index (Phi) is 4.97. The van der Waals surface area contributed by atoms with Gasteiger partial charge in [0.2, 0.25) is 5.78 Å². The van der Waals surface area contributed by atoms with Crippen LogP contribution in [0.15, 0.2) is 18.2 Å². The first-order valence-corrected chi connectivity index (χ1v) is 7.71. The van der Waals surface area contributed by atoms with Crippen LogP contribution in [0.5, 0.6) is 5.75 Å². The van der Waals surface area contributed by atoms with Gasteiger partial charge >= 0.3 is 0 Å². The Balaban J connectivity index is 2.09. The molecule has 6 heteroatoms. The quantitative estimate of drug-likeness (QED) is 0.673. The number of Topliss-reactive ketones (excluding diaryl/α,β-unsaturated/α-hetero) is 1. The first-order valence-electron chi connectivity index (χ1n) is 5.76. The van der Waals surface area contributed by atoms with E-state index in [1.165, 1.54) is 0 Å². The SMILES string of the molecule is Cc1cc(OCC(=O)c2cc(Cl)sc2Cl)cc(C)c1Cl. The summed E-state index contributed by atoms with van der Waals surface area (Å²) in [6, 6.07) is 5.15. The Morgan fingerprint density at radius 3 is 2.25 bits per heavy atom. The summed E-state index contributed by atoms with van der Waals surface area (Å²) in [5, 5.41) is 0.705. The number of carbonyl (C=O) groups excluding carboxylic acids is 1. The monoisotopic (exact) mass is 348 g/mol. The van der Waals surface area contributed by atoms with Crippen molar-refractivity contribution < 1.29 is 9.53 Å². The molecular weight excluding hydrogens is 339 g/mol. The fourth-order valence-electron chi connectivity index (χ4n) is 1.75. The van der Waals surface area contributed by atoms with Crippen LogP contribution in [-0.2, 0) is 0 Å². The molecule has 2 aromatic rings. The van der Waals surface area contributed by atoms with E-state index in [4.69, 9.17) is 39.5 Å². The van der Waals surface area contributed by atoms with Gasteiger partial charge in [0, 0.05) is 5.02 Å². The second-order valence-electron chi connectivity index (χ2n) is 4.32. The van der Waals surface area contributed by atoms with E-state index in [1.54, 1.807) is 18.2 Å². The Morgan fingerprint density at radius 1 is 1.15 bits per heavy atom. The van der Waals surface area contributed by atoms with Gasteiger partial charge < -0.3 is 4.74 Å². The van der Waals surface area contributed by atoms with Crippen molar-refractivity contribution in [3.05, 3.63) is 48.6 Å². The predicted molar refractivity (Wildman–Crippen MR) is 85.1 cm³/mol. The summed E-state index contributed by atoms with van der Waals surface area (Å²) in [7, 11) is 0. The first-order chi connectivity index (χ1) is 9.38. The molecule has 0 radical (unpaired) electrons. The van der Waals surface area contributed by atoms with Crippen molar-refractivity contribution in [3.63, 3.8) is 0 Å². The number of benzene rings is 1. The van der Waals surface area contributed by atoms with Crippen LogP contribution in [0.4, 0.5) is 0 Å². The summed E-state index contributed by atoms with van der Waals surface area (Å²) >= 11 is 19.0. The summed E-state index contributed by atoms with van der Waals surface area (Å²) in [5.74, 6) is 0.401. The maximum absolute atomic E-state index is 12.0. The molecule has 1 aromatic carbocycles. The van der Waals surface area contributed by atoms with Crippen LogP contribution in [-0.4, -0.2) is 12.4 Å². The van der Waals surface area contributed by atoms with E-state index in [2.05, 4.69) is 0 Å². The average molecular weight is 350 g/mol. The third-order valence-electron chi connectivity index (χ3n) is 2.74. The molecule has 2 nitrogen and oxygen atoms in total. The van der Waals surface area contributed by atoms with Gasteiger partial charge in [-0.3, -0.25) is 4.79 Å². The minimum absolute atomic E-state index is 0.0900. The zero-order valence-corrected chi connectivity index (χ0v) is 13.9. The van der Waals surface area contributed by atoms with Crippen LogP contribution in [0, 0.1) is 13.8 Å². The Labute approximate surface area is 136 Å². The van der Waals surface area contributed by atoms with Crippen molar-refractivity contribution in [2.45, 2.75) is 13.8 Å². The maximum atomic E-state index is 12.0. The Bertz CT molecular complexity index is 641. The summed E-state index contributed by atoms with van der Waals surface area (Å²) in [6.07, 6.45) is 0. The zero-order chi connectivity index (χ0) is 14.9. The molecule has 0 bridgehead atoms. The lowest BCUT2D eigenvalue weighted by Crippen LogP contribution is -2.11. The smallest absolute Gasteiger partial charge is 0.202 e. The molecule has 0 saturated carbocycles. The minimum atomic E-state index is -0.205. The summed E-state index contributed by atoms with van der Waals surface area (Å²) in [4.78, 5) is 12.0. The van der Waals surface area contributed by atoms with Gasteiger partial charge in [0.05, 0.1) is 9.90 Å². The lowest BCUT2D eigenvalue weighted by atomic mass is 10.1. The molecule has 1 aromatic heterocycles. The summed E-state index contributed by atoms with van der Waals surface area (Å²) in [5.41, 5.74) is 2.21. The molecule has 0 saturated heterocycles. The molecule has 0 aliphatic heterocycles. The molecule has 2 rings (SSSR count). The molecule has 0 aliphatic rings. The normalized spacial score (nSPS) is 10.7. The number of hydrogen-bond donors (Lipinski definition) is 0. The first kappa shape index (κ1) is 15.6. The van der Waals surface area contributed by atoms with Crippen LogP contribution in [0.1, 0.15) is 21.5 Å². The van der Waals surface area contributed by atoms with Crippen LogP contribution < -0.4 is 4.74 Å². The highest BCUT2D eigenvalue weighted by Gasteiger charge is 2.15. The van der Waals surface area contributed by atoms with Gasteiger partial charge in [-0.2, -0.15) is 0 Å². The molecule has 20 heavy (non-hydrogen) atoms. The summed E-state index contributed by atoms with van der Waals surface area (Å²) < 4.78 is 6.36. The van der Waals surface area contributed by atoms with Gasteiger partial charge in [-0.15, -0.1) is 11.3 Å². The van der Waals surface area contributed by atoms with Gasteiger partial charge in [0.1, 0.15) is 10.1 Å². The van der Waals surface area contributed by atoms with Crippen LogP contribution in [0.25, 0.3) is 0 Å². The molecule has 0 N–H and O–H groups in total. The predicted octanol–water partition coefficient (Wildman–Crippen LogP) is 5.59. The highest BCUT2D eigenvalue weighted by atomic mass is 35.5. The van der Waals surface area contributed by atoms with Crippen LogP contribution >= 0.6 is 46.1 Å². The van der Waals surface area contributed by atoms with Crippen molar-refractivity contribution in [3.8, 4) is 5.75 Å². The number of rotatable bonds is 4. The zero-order valence-electron chi connectivity index (χ0n) is 10.8. The van der Waals surface area contributed by atoms with Crippen LogP contribution in [0.2, 0.25) is 13.7 Å². The number of hydrogen-bond acceptors (Lipinski definition) is 3. The number of thiophene rings is 1. The number of ether oxygens (including phenoxy) is 1. The molecule has 106 valence electrons. The van der Waals surface area contributed by atoms with E-state index < -0.39 is 0 Å². The number of aryl methyl sites for hydroxylation is 2. The van der Waals surface area contributed by atoms with Crippen molar-refractivity contribution in [1.29, 1.82) is 0 Å². The van der Waals surface area contributed by atoms with E-state index in [9.17, 15) is 4.79 Å². The minimum Gasteiger partial charge on any atom is -0.485 e. The van der Waals surface area contributed by atoms with E-state index in [-0.39, 0.29) is 12.4 Å². The second-order valence-corrected chi connectivity index (χ2v) is 6.98. The van der Waals surface area contributed by atoms with E-state index in [0.717, 1.165) is 22.5 Å². The van der Waals surface area contributed by atoms with Crippen molar-refractivity contribution >= 4 is 51.9 Å². The van der Waals surface area contributed by atoms with Crippen molar-refractivity contribution in [2.75, 3.05) is 6.61 Å². The largest absolute Gasteiger partial charge is 0.485 e. The van der Waals surface area contributed by atoms with Crippen LogP contribution in [0.3, 0.4) is 0 Å².